The van der Waals surface area contributed by atoms with Gasteiger partial charge in [-0.1, -0.05) is 44.1 Å². The fraction of sp³-hybridized carbons (Fsp3) is 0.333. The quantitative estimate of drug-likeness (QED) is 0.922. The molecule has 2 rings (SSSR count). The van der Waals surface area contributed by atoms with Gasteiger partial charge in [-0.2, -0.15) is 0 Å². The zero-order valence-electron chi connectivity index (χ0n) is 11.8. The first kappa shape index (κ1) is 14.1. The number of benzene rings is 1. The van der Waals surface area contributed by atoms with Crippen LogP contribution in [0.25, 0.3) is 0 Å². The molecule has 0 aliphatic carbocycles. The first-order chi connectivity index (χ1) is 9.42. The van der Waals surface area contributed by atoms with Gasteiger partial charge in [0.2, 0.25) is 0 Å². The summed E-state index contributed by atoms with van der Waals surface area (Å²) < 4.78 is 10.3. The van der Waals surface area contributed by atoms with Gasteiger partial charge < -0.3 is 9.26 Å². The van der Waals surface area contributed by atoms with Gasteiger partial charge in [-0.25, -0.2) is 4.79 Å². The number of ether oxygens (including phenoxy) is 1. The number of anilines is 1. The molecule has 0 saturated heterocycles. The molecule has 0 saturated carbocycles. The Balaban J connectivity index is 1.92. The number of nitrogens with one attached hydrogen (secondary N) is 1. The number of hydrogen-bond acceptors (Lipinski definition) is 4. The van der Waals surface area contributed by atoms with E-state index in [1.54, 1.807) is 30.3 Å². The molecule has 1 N–H and O–H groups in total. The van der Waals surface area contributed by atoms with Crippen molar-refractivity contribution in [3.8, 4) is 5.75 Å². The summed E-state index contributed by atoms with van der Waals surface area (Å²) in [6.07, 6.45) is 0.155. The van der Waals surface area contributed by atoms with E-state index >= 15 is 0 Å². The van der Waals surface area contributed by atoms with Gasteiger partial charge in [0.05, 0.1) is 0 Å². The van der Waals surface area contributed by atoms with E-state index in [9.17, 15) is 4.79 Å². The van der Waals surface area contributed by atoms with Gasteiger partial charge in [0.25, 0.3) is 0 Å². The molecule has 1 heterocycles. The van der Waals surface area contributed by atoms with Crippen LogP contribution in [-0.4, -0.2) is 11.2 Å². The Kier molecular flexibility index (Phi) is 4.08. The van der Waals surface area contributed by atoms with Crippen molar-refractivity contribution in [2.24, 2.45) is 5.41 Å². The molecule has 2 aromatic rings. The second-order valence-electron chi connectivity index (χ2n) is 5.74. The number of para-hydroxylation sites is 1. The molecule has 106 valence electrons. The van der Waals surface area contributed by atoms with Crippen LogP contribution in [0.5, 0.6) is 5.75 Å². The molecule has 5 nitrogen and oxygen atoms in total. The van der Waals surface area contributed by atoms with Crippen LogP contribution in [0.2, 0.25) is 0 Å². The lowest BCUT2D eigenvalue weighted by molar-refractivity contribution is 0.215. The first-order valence-electron chi connectivity index (χ1n) is 6.42. The van der Waals surface area contributed by atoms with Crippen molar-refractivity contribution in [2.45, 2.75) is 27.2 Å². The maximum absolute atomic E-state index is 11.7. The van der Waals surface area contributed by atoms with Crippen molar-refractivity contribution in [3.63, 3.8) is 0 Å². The predicted molar refractivity (Wildman–Crippen MR) is 75.8 cm³/mol. The van der Waals surface area contributed by atoms with Gasteiger partial charge in [0, 0.05) is 12.5 Å². The maximum atomic E-state index is 11.7. The van der Waals surface area contributed by atoms with Crippen LogP contribution < -0.4 is 10.1 Å². The summed E-state index contributed by atoms with van der Waals surface area (Å²) in [4.78, 5) is 11.7. The second-order valence-corrected chi connectivity index (χ2v) is 5.74. The Hall–Kier alpha value is -2.30. The van der Waals surface area contributed by atoms with Gasteiger partial charge in [-0.3, -0.25) is 5.32 Å². The van der Waals surface area contributed by atoms with Crippen molar-refractivity contribution in [3.05, 3.63) is 42.2 Å². The van der Waals surface area contributed by atoms with E-state index in [1.807, 2.05) is 6.07 Å². The van der Waals surface area contributed by atoms with E-state index in [1.165, 1.54) is 0 Å². The minimum Gasteiger partial charge on any atom is -0.410 e. The Bertz CT molecular complexity index is 570. The number of rotatable bonds is 3. The molecule has 0 bridgehead atoms. The summed E-state index contributed by atoms with van der Waals surface area (Å²) >= 11 is 0. The maximum Gasteiger partial charge on any atom is 0.418 e. The van der Waals surface area contributed by atoms with Crippen molar-refractivity contribution in [1.29, 1.82) is 0 Å². The molecular formula is C15H18N2O3. The molecule has 0 fully saturated rings. The highest BCUT2D eigenvalue weighted by Gasteiger charge is 2.16. The fourth-order valence-electron chi connectivity index (χ4n) is 1.70. The SMILES string of the molecule is CC(C)(C)Cc1cc(NC(=O)Oc2ccccc2)no1. The lowest BCUT2D eigenvalue weighted by Crippen LogP contribution is -2.16. The number of aromatic nitrogens is 1. The molecule has 1 amide bonds. The van der Waals surface area contributed by atoms with Crippen LogP contribution in [0.1, 0.15) is 26.5 Å². The number of nitrogens with zero attached hydrogens (tertiary/aromatic N) is 1. The smallest absolute Gasteiger partial charge is 0.410 e. The molecule has 0 radical (unpaired) electrons. The molecule has 0 aliphatic rings. The number of carbonyl (C=O) groups is 1. The van der Waals surface area contributed by atoms with Gasteiger partial charge in [-0.15, -0.1) is 0 Å². The highest BCUT2D eigenvalue weighted by atomic mass is 16.6. The van der Waals surface area contributed by atoms with Gasteiger partial charge in [0.15, 0.2) is 5.82 Å². The van der Waals surface area contributed by atoms with Gasteiger partial charge in [0.1, 0.15) is 11.5 Å². The summed E-state index contributed by atoms with van der Waals surface area (Å²) in [6, 6.07) is 10.5. The molecule has 1 aromatic carbocycles. The summed E-state index contributed by atoms with van der Waals surface area (Å²) in [6.45, 7) is 6.31. The van der Waals surface area contributed by atoms with Crippen LogP contribution in [-0.2, 0) is 6.42 Å². The fourth-order valence-corrected chi connectivity index (χ4v) is 1.70. The molecular weight excluding hydrogens is 256 g/mol. The van der Waals surface area contributed by atoms with Crippen LogP contribution >= 0.6 is 0 Å². The van der Waals surface area contributed by atoms with Crippen molar-refractivity contribution in [2.75, 3.05) is 5.32 Å². The zero-order valence-corrected chi connectivity index (χ0v) is 11.8. The molecule has 20 heavy (non-hydrogen) atoms. The van der Waals surface area contributed by atoms with Crippen molar-refractivity contribution < 1.29 is 14.1 Å². The van der Waals surface area contributed by atoms with Crippen LogP contribution in [0.4, 0.5) is 10.6 Å². The van der Waals surface area contributed by atoms with Crippen molar-refractivity contribution >= 4 is 11.9 Å². The van der Waals surface area contributed by atoms with E-state index in [2.05, 4.69) is 31.2 Å². The lowest BCUT2D eigenvalue weighted by Gasteiger charge is -2.14. The zero-order chi connectivity index (χ0) is 14.6. The highest BCUT2D eigenvalue weighted by molar-refractivity contribution is 5.85. The van der Waals surface area contributed by atoms with Gasteiger partial charge in [-0.05, 0) is 17.5 Å². The van der Waals surface area contributed by atoms with E-state index in [4.69, 9.17) is 9.26 Å². The summed E-state index contributed by atoms with van der Waals surface area (Å²) in [5, 5.41) is 6.33. The molecule has 0 aliphatic heterocycles. The molecule has 5 heteroatoms. The third-order valence-electron chi connectivity index (χ3n) is 2.45. The highest BCUT2D eigenvalue weighted by Crippen LogP contribution is 2.22. The average molecular weight is 274 g/mol. The number of amides is 1. The van der Waals surface area contributed by atoms with Crippen LogP contribution in [0, 0.1) is 5.41 Å². The van der Waals surface area contributed by atoms with E-state index in [-0.39, 0.29) is 5.41 Å². The Morgan fingerprint density at radius 2 is 2.00 bits per heavy atom. The van der Waals surface area contributed by atoms with Crippen molar-refractivity contribution in [1.82, 2.24) is 5.16 Å². The normalized spacial score (nSPS) is 11.2. The van der Waals surface area contributed by atoms with Crippen LogP contribution in [0.15, 0.2) is 40.9 Å². The Morgan fingerprint density at radius 1 is 1.30 bits per heavy atom. The first-order valence-corrected chi connectivity index (χ1v) is 6.42. The van der Waals surface area contributed by atoms with E-state index < -0.39 is 6.09 Å². The summed E-state index contributed by atoms with van der Waals surface area (Å²) in [5.41, 5.74) is 0.0986. The minimum absolute atomic E-state index is 0.0986. The molecule has 0 spiro atoms. The third kappa shape index (κ3) is 4.42. The van der Waals surface area contributed by atoms with Gasteiger partial charge >= 0.3 is 6.09 Å². The van der Waals surface area contributed by atoms with Crippen LogP contribution in [0.3, 0.4) is 0 Å². The van der Waals surface area contributed by atoms with E-state index in [0.29, 0.717) is 11.6 Å². The monoisotopic (exact) mass is 274 g/mol. The third-order valence-corrected chi connectivity index (χ3v) is 2.45. The Morgan fingerprint density at radius 3 is 2.65 bits per heavy atom. The van der Waals surface area contributed by atoms with E-state index in [0.717, 1.165) is 12.2 Å². The second kappa shape index (κ2) is 5.77. The Labute approximate surface area is 117 Å². The molecule has 0 atom stereocenters. The summed E-state index contributed by atoms with van der Waals surface area (Å²) in [7, 11) is 0. The minimum atomic E-state index is -0.591. The molecule has 0 unspecified atom stereocenters. The largest absolute Gasteiger partial charge is 0.418 e. The topological polar surface area (TPSA) is 64.4 Å². The predicted octanol–water partition coefficient (Wildman–Crippen LogP) is 3.87. The number of hydrogen-bond donors (Lipinski definition) is 1. The molecule has 1 aromatic heterocycles. The standard InChI is InChI=1S/C15H18N2O3/c1-15(2,3)10-12-9-13(17-20-12)16-14(18)19-11-7-5-4-6-8-11/h4-9H,10H2,1-3H3,(H,16,17,18). The summed E-state index contributed by atoms with van der Waals surface area (Å²) in [5.74, 6) is 1.56. The average Bonchev–Trinajstić information content (AvgIpc) is 2.75. The number of carbonyl (C=O) groups excluding carboxylic acids is 1. The lowest BCUT2D eigenvalue weighted by atomic mass is 9.91.